The van der Waals surface area contributed by atoms with Crippen molar-refractivity contribution in [1.82, 2.24) is 15.1 Å². The normalized spacial score (nSPS) is 19.3. The maximum atomic E-state index is 13.7. The van der Waals surface area contributed by atoms with Gasteiger partial charge in [-0.15, -0.1) is 0 Å². The molecule has 6 nitrogen and oxygen atoms in total. The average Bonchev–Trinajstić information content (AvgIpc) is 3.23. The first-order valence-corrected chi connectivity index (χ1v) is 9.55. The highest BCUT2D eigenvalue weighted by Crippen LogP contribution is 2.35. The summed E-state index contributed by atoms with van der Waals surface area (Å²) in [5.41, 5.74) is 1.95. The molecule has 4 rings (SSSR count). The lowest BCUT2D eigenvalue weighted by Gasteiger charge is -2.41. The molecule has 2 atom stereocenters. The summed E-state index contributed by atoms with van der Waals surface area (Å²) in [6.45, 7) is 0.339. The lowest BCUT2D eigenvalue weighted by molar-refractivity contribution is -0.0810. The molecule has 1 fully saturated rings. The van der Waals surface area contributed by atoms with Crippen molar-refractivity contribution in [2.75, 3.05) is 19.8 Å². The average molecular weight is 416 g/mol. The van der Waals surface area contributed by atoms with E-state index in [1.54, 1.807) is 29.2 Å². The van der Waals surface area contributed by atoms with Gasteiger partial charge in [0.1, 0.15) is 11.9 Å². The molecule has 0 unspecified atom stereocenters. The van der Waals surface area contributed by atoms with Crippen LogP contribution in [0.25, 0.3) is 11.3 Å². The summed E-state index contributed by atoms with van der Waals surface area (Å²) in [5, 5.41) is 17.1. The molecule has 150 valence electrons. The summed E-state index contributed by atoms with van der Waals surface area (Å²) >= 11 is 6.38. The molecule has 2 heterocycles. The van der Waals surface area contributed by atoms with Crippen molar-refractivity contribution < 1.29 is 19.0 Å². The monoisotopic (exact) mass is 415 g/mol. The molecule has 1 saturated heterocycles. The highest BCUT2D eigenvalue weighted by molar-refractivity contribution is 6.31. The number of nitrogens with zero attached hydrogens (tertiary/aromatic N) is 2. The van der Waals surface area contributed by atoms with Gasteiger partial charge in [0.15, 0.2) is 0 Å². The Morgan fingerprint density at radius 1 is 1.31 bits per heavy atom. The van der Waals surface area contributed by atoms with Gasteiger partial charge in [0.2, 0.25) is 0 Å². The van der Waals surface area contributed by atoms with Crippen molar-refractivity contribution >= 4 is 17.5 Å². The lowest BCUT2D eigenvalue weighted by atomic mass is 9.97. The van der Waals surface area contributed by atoms with Gasteiger partial charge in [-0.05, 0) is 23.8 Å². The second-order valence-corrected chi connectivity index (χ2v) is 7.13. The van der Waals surface area contributed by atoms with E-state index in [1.165, 1.54) is 18.3 Å². The summed E-state index contributed by atoms with van der Waals surface area (Å²) in [5.74, 6) is -0.708. The molecule has 0 aliphatic carbocycles. The number of hydrogen-bond donors (Lipinski definition) is 2. The zero-order valence-corrected chi connectivity index (χ0v) is 16.1. The fourth-order valence-corrected chi connectivity index (χ4v) is 3.91. The molecule has 0 saturated carbocycles. The van der Waals surface area contributed by atoms with Gasteiger partial charge in [-0.3, -0.25) is 9.89 Å². The fraction of sp³-hybridized carbons (Fsp3) is 0.238. The van der Waals surface area contributed by atoms with Crippen LogP contribution < -0.4 is 0 Å². The lowest BCUT2D eigenvalue weighted by Crippen LogP contribution is -2.49. The van der Waals surface area contributed by atoms with Gasteiger partial charge in [-0.25, -0.2) is 4.39 Å². The van der Waals surface area contributed by atoms with Crippen molar-refractivity contribution in [2.24, 2.45) is 0 Å². The van der Waals surface area contributed by atoms with Crippen LogP contribution in [0, 0.1) is 5.82 Å². The predicted molar refractivity (Wildman–Crippen MR) is 106 cm³/mol. The first kappa shape index (κ1) is 19.6. The van der Waals surface area contributed by atoms with Crippen LogP contribution in [0.3, 0.4) is 0 Å². The Balaban J connectivity index is 1.74. The number of aromatic nitrogens is 2. The number of hydrogen-bond acceptors (Lipinski definition) is 4. The van der Waals surface area contributed by atoms with E-state index in [0.717, 1.165) is 0 Å². The molecule has 1 aliphatic heterocycles. The maximum absolute atomic E-state index is 13.7. The topological polar surface area (TPSA) is 78.5 Å². The van der Waals surface area contributed by atoms with E-state index >= 15 is 0 Å². The van der Waals surface area contributed by atoms with Crippen molar-refractivity contribution in [2.45, 2.75) is 12.1 Å². The van der Waals surface area contributed by atoms with Crippen LogP contribution >= 0.6 is 11.6 Å². The molecule has 1 aliphatic rings. The standard InChI is InChI=1S/C21H19ClFN3O3/c22-17-7-2-1-6-15(17)20-18(12-27)29-9-8-26(20)21(28)16-11-24-25-19(16)13-4-3-5-14(23)10-13/h1-7,10-11,18,20,27H,8-9,12H2,(H,24,25)/t18-,20-/m0/s1. The van der Waals surface area contributed by atoms with E-state index in [9.17, 15) is 14.3 Å². The van der Waals surface area contributed by atoms with E-state index in [0.29, 0.717) is 34.0 Å². The Hall–Kier alpha value is -2.74. The third-order valence-electron chi connectivity index (χ3n) is 5.00. The number of benzene rings is 2. The van der Waals surface area contributed by atoms with Crippen molar-refractivity contribution in [3.8, 4) is 11.3 Å². The number of morpholine rings is 1. The van der Waals surface area contributed by atoms with Gasteiger partial charge in [0.25, 0.3) is 5.91 Å². The first-order chi connectivity index (χ1) is 14.1. The second-order valence-electron chi connectivity index (χ2n) is 6.73. The van der Waals surface area contributed by atoms with Crippen LogP contribution in [0.5, 0.6) is 0 Å². The van der Waals surface area contributed by atoms with Crippen molar-refractivity contribution in [3.05, 3.63) is 76.7 Å². The van der Waals surface area contributed by atoms with Crippen LogP contribution in [0.1, 0.15) is 22.0 Å². The summed E-state index contributed by atoms with van der Waals surface area (Å²) in [6, 6.07) is 12.6. The second kappa shape index (κ2) is 8.32. The number of carbonyl (C=O) groups is 1. The van der Waals surface area contributed by atoms with Gasteiger partial charge in [0.05, 0.1) is 36.7 Å². The first-order valence-electron chi connectivity index (χ1n) is 9.17. The summed E-state index contributed by atoms with van der Waals surface area (Å²) in [7, 11) is 0. The molecule has 0 spiro atoms. The van der Waals surface area contributed by atoms with Gasteiger partial charge in [0, 0.05) is 17.1 Å². The molecule has 8 heteroatoms. The number of carbonyl (C=O) groups excluding carboxylic acids is 1. The van der Waals surface area contributed by atoms with Crippen LogP contribution in [-0.4, -0.2) is 52.0 Å². The smallest absolute Gasteiger partial charge is 0.258 e. The Kier molecular flexibility index (Phi) is 5.62. The van der Waals surface area contributed by atoms with E-state index in [-0.39, 0.29) is 19.1 Å². The number of H-pyrrole nitrogens is 1. The minimum Gasteiger partial charge on any atom is -0.394 e. The van der Waals surface area contributed by atoms with E-state index in [2.05, 4.69) is 10.2 Å². The van der Waals surface area contributed by atoms with Crippen molar-refractivity contribution in [1.29, 1.82) is 0 Å². The molecule has 1 amide bonds. The quantitative estimate of drug-likeness (QED) is 0.684. The Bertz CT molecular complexity index is 1030. The van der Waals surface area contributed by atoms with E-state index < -0.39 is 18.0 Å². The molecular weight excluding hydrogens is 397 g/mol. The third-order valence-corrected chi connectivity index (χ3v) is 5.34. The molecule has 2 aromatic carbocycles. The van der Waals surface area contributed by atoms with Crippen LogP contribution in [0.2, 0.25) is 5.02 Å². The SMILES string of the molecule is O=C(c1cn[nH]c1-c1cccc(F)c1)N1CCO[C@@H](CO)[C@@H]1c1ccccc1Cl. The Morgan fingerprint density at radius 2 is 2.14 bits per heavy atom. The minimum absolute atomic E-state index is 0.262. The van der Waals surface area contributed by atoms with Crippen molar-refractivity contribution in [3.63, 3.8) is 0 Å². The van der Waals surface area contributed by atoms with Gasteiger partial charge in [-0.1, -0.05) is 41.9 Å². The number of amides is 1. The molecule has 1 aromatic heterocycles. The highest BCUT2D eigenvalue weighted by atomic mass is 35.5. The van der Waals surface area contributed by atoms with Gasteiger partial charge < -0.3 is 14.7 Å². The van der Waals surface area contributed by atoms with Gasteiger partial charge >= 0.3 is 0 Å². The number of rotatable bonds is 4. The minimum atomic E-state index is -0.614. The van der Waals surface area contributed by atoms with E-state index in [1.807, 2.05) is 12.1 Å². The number of nitrogens with one attached hydrogen (secondary N) is 1. The predicted octanol–water partition coefficient (Wildman–Crippen LogP) is 3.44. The molecule has 2 N–H and O–H groups in total. The molecule has 3 aromatic rings. The zero-order valence-electron chi connectivity index (χ0n) is 15.4. The molecule has 0 bridgehead atoms. The number of aliphatic hydroxyl groups is 1. The third kappa shape index (κ3) is 3.76. The summed E-state index contributed by atoms with van der Waals surface area (Å²) in [6.07, 6.45) is 0.812. The Morgan fingerprint density at radius 3 is 2.90 bits per heavy atom. The number of aliphatic hydroxyl groups excluding tert-OH is 1. The zero-order chi connectivity index (χ0) is 20.4. The number of halogens is 2. The summed E-state index contributed by atoms with van der Waals surface area (Å²) in [4.78, 5) is 15.1. The molecular formula is C21H19ClFN3O3. The van der Waals surface area contributed by atoms with E-state index in [4.69, 9.17) is 16.3 Å². The maximum Gasteiger partial charge on any atom is 0.258 e. The highest BCUT2D eigenvalue weighted by Gasteiger charge is 2.38. The van der Waals surface area contributed by atoms with Gasteiger partial charge in [-0.2, -0.15) is 5.10 Å². The van der Waals surface area contributed by atoms with Crippen LogP contribution in [-0.2, 0) is 4.74 Å². The van der Waals surface area contributed by atoms with Crippen LogP contribution in [0.4, 0.5) is 4.39 Å². The van der Waals surface area contributed by atoms with Crippen LogP contribution in [0.15, 0.2) is 54.7 Å². The number of ether oxygens (including phenoxy) is 1. The fourth-order valence-electron chi connectivity index (χ4n) is 3.66. The summed E-state index contributed by atoms with van der Waals surface area (Å²) < 4.78 is 19.4. The molecule has 0 radical (unpaired) electrons. The Labute approximate surface area is 171 Å². The number of aromatic amines is 1. The molecule has 29 heavy (non-hydrogen) atoms. The largest absolute Gasteiger partial charge is 0.394 e.